The zero-order chi connectivity index (χ0) is 14.6. The fourth-order valence-corrected chi connectivity index (χ4v) is 3.94. The quantitative estimate of drug-likeness (QED) is 0.876. The molecule has 1 aliphatic rings. The molecule has 2 atom stereocenters. The van der Waals surface area contributed by atoms with E-state index in [0.717, 1.165) is 31.2 Å². The number of hydrogen-bond donors (Lipinski definition) is 2. The summed E-state index contributed by atoms with van der Waals surface area (Å²) in [6.45, 7) is 2.09. The van der Waals surface area contributed by atoms with Crippen LogP contribution in [-0.4, -0.2) is 25.7 Å². The Balaban J connectivity index is 2.09. The summed E-state index contributed by atoms with van der Waals surface area (Å²) >= 11 is 0. The molecule has 0 aromatic heterocycles. The normalized spacial score (nSPS) is 23.7. The fraction of sp³-hybridized carbons (Fsp3) is 0.600. The van der Waals surface area contributed by atoms with Gasteiger partial charge in [0.15, 0.2) is 0 Å². The first-order chi connectivity index (χ1) is 9.53. The highest BCUT2D eigenvalue weighted by molar-refractivity contribution is 7.89. The number of aliphatic hydroxyl groups excluding tert-OH is 1. The van der Waals surface area contributed by atoms with Crippen molar-refractivity contribution in [2.24, 2.45) is 0 Å². The molecule has 0 spiro atoms. The summed E-state index contributed by atoms with van der Waals surface area (Å²) in [5.41, 5.74) is 1.14. The topological polar surface area (TPSA) is 66.4 Å². The van der Waals surface area contributed by atoms with Crippen LogP contribution in [0.1, 0.15) is 44.6 Å². The first-order valence-corrected chi connectivity index (χ1v) is 8.80. The Morgan fingerprint density at radius 1 is 1.20 bits per heavy atom. The van der Waals surface area contributed by atoms with Crippen LogP contribution in [0, 0.1) is 0 Å². The van der Waals surface area contributed by atoms with E-state index < -0.39 is 16.1 Å². The predicted molar refractivity (Wildman–Crippen MR) is 79.0 cm³/mol. The zero-order valence-corrected chi connectivity index (χ0v) is 12.7. The first-order valence-electron chi connectivity index (χ1n) is 7.32. The lowest BCUT2D eigenvalue weighted by Gasteiger charge is -2.28. The third-order valence-corrected chi connectivity index (χ3v) is 5.31. The van der Waals surface area contributed by atoms with E-state index in [9.17, 15) is 13.5 Å². The van der Waals surface area contributed by atoms with E-state index in [0.29, 0.717) is 12.8 Å². The summed E-state index contributed by atoms with van der Waals surface area (Å²) in [6, 6.07) is 6.64. The monoisotopic (exact) mass is 297 g/mol. The molecule has 1 aromatic carbocycles. The average molecular weight is 297 g/mol. The smallest absolute Gasteiger partial charge is 0.240 e. The number of aryl methyl sites for hydroxylation is 1. The minimum Gasteiger partial charge on any atom is -0.391 e. The molecule has 2 rings (SSSR count). The van der Waals surface area contributed by atoms with E-state index in [2.05, 4.69) is 11.6 Å². The van der Waals surface area contributed by atoms with Crippen LogP contribution in [0.3, 0.4) is 0 Å². The van der Waals surface area contributed by atoms with Gasteiger partial charge in [0.05, 0.1) is 11.0 Å². The molecule has 20 heavy (non-hydrogen) atoms. The van der Waals surface area contributed by atoms with Gasteiger partial charge in [0.1, 0.15) is 0 Å². The van der Waals surface area contributed by atoms with Gasteiger partial charge in [-0.2, -0.15) is 0 Å². The summed E-state index contributed by atoms with van der Waals surface area (Å²) in [5, 5.41) is 9.87. The van der Waals surface area contributed by atoms with E-state index in [1.165, 1.54) is 0 Å². The minimum absolute atomic E-state index is 0.273. The second kappa shape index (κ2) is 6.70. The molecule has 2 N–H and O–H groups in total. The molecular weight excluding hydrogens is 274 g/mol. The molecule has 0 radical (unpaired) electrons. The van der Waals surface area contributed by atoms with Crippen molar-refractivity contribution >= 4 is 10.0 Å². The summed E-state index contributed by atoms with van der Waals surface area (Å²) in [4.78, 5) is 0.273. The maximum absolute atomic E-state index is 12.3. The molecule has 5 heteroatoms. The molecule has 2 unspecified atom stereocenters. The van der Waals surface area contributed by atoms with Crippen LogP contribution in [0.25, 0.3) is 0 Å². The van der Waals surface area contributed by atoms with Gasteiger partial charge in [-0.05, 0) is 37.0 Å². The highest BCUT2D eigenvalue weighted by Gasteiger charge is 2.27. The van der Waals surface area contributed by atoms with Gasteiger partial charge in [0.2, 0.25) is 10.0 Å². The van der Waals surface area contributed by atoms with E-state index in [4.69, 9.17) is 0 Å². The Kier molecular flexibility index (Phi) is 5.18. The van der Waals surface area contributed by atoms with Crippen molar-refractivity contribution in [1.82, 2.24) is 4.72 Å². The molecule has 0 amide bonds. The second-order valence-electron chi connectivity index (χ2n) is 5.47. The van der Waals surface area contributed by atoms with E-state index in [-0.39, 0.29) is 10.9 Å². The predicted octanol–water partition coefficient (Wildman–Crippen LogP) is 2.22. The third-order valence-electron chi connectivity index (χ3n) is 3.81. The van der Waals surface area contributed by atoms with Crippen LogP contribution in [0.2, 0.25) is 0 Å². The van der Waals surface area contributed by atoms with Gasteiger partial charge in [0, 0.05) is 6.04 Å². The van der Waals surface area contributed by atoms with Crippen molar-refractivity contribution in [3.8, 4) is 0 Å². The van der Waals surface area contributed by atoms with Crippen molar-refractivity contribution < 1.29 is 13.5 Å². The van der Waals surface area contributed by atoms with Crippen molar-refractivity contribution in [2.75, 3.05) is 0 Å². The third kappa shape index (κ3) is 3.81. The molecule has 112 valence electrons. The molecular formula is C15H23NO3S. The van der Waals surface area contributed by atoms with Gasteiger partial charge in [-0.15, -0.1) is 0 Å². The molecule has 1 aliphatic carbocycles. The van der Waals surface area contributed by atoms with Gasteiger partial charge < -0.3 is 5.11 Å². The molecule has 0 heterocycles. The van der Waals surface area contributed by atoms with Gasteiger partial charge in [0.25, 0.3) is 0 Å². The van der Waals surface area contributed by atoms with E-state index >= 15 is 0 Å². The second-order valence-corrected chi connectivity index (χ2v) is 7.19. The number of rotatable bonds is 5. The molecule has 1 aromatic rings. The largest absolute Gasteiger partial charge is 0.391 e. The Morgan fingerprint density at radius 3 is 2.45 bits per heavy atom. The standard InChI is InChI=1S/C15H23NO3S/c1-2-5-12-8-10-13(11-9-12)20(18,19)16-14-6-3-4-7-15(14)17/h8-11,14-17H,2-7H2,1H3. The fourth-order valence-electron chi connectivity index (χ4n) is 2.64. The SMILES string of the molecule is CCCc1ccc(S(=O)(=O)NC2CCCCC2O)cc1. The Morgan fingerprint density at radius 2 is 1.85 bits per heavy atom. The molecule has 0 aliphatic heterocycles. The Bertz CT molecular complexity index is 525. The molecule has 1 saturated carbocycles. The van der Waals surface area contributed by atoms with Crippen LogP contribution in [0.15, 0.2) is 29.2 Å². The van der Waals surface area contributed by atoms with Crippen LogP contribution in [-0.2, 0) is 16.4 Å². The molecule has 4 nitrogen and oxygen atoms in total. The van der Waals surface area contributed by atoms with Gasteiger partial charge in [-0.1, -0.05) is 38.3 Å². The lowest BCUT2D eigenvalue weighted by Crippen LogP contribution is -2.44. The number of nitrogens with one attached hydrogen (secondary N) is 1. The van der Waals surface area contributed by atoms with Gasteiger partial charge in [-0.25, -0.2) is 13.1 Å². The Hall–Kier alpha value is -0.910. The van der Waals surface area contributed by atoms with E-state index in [1.807, 2.05) is 12.1 Å². The van der Waals surface area contributed by atoms with Crippen molar-refractivity contribution in [2.45, 2.75) is 62.5 Å². The molecule has 1 fully saturated rings. The summed E-state index contributed by atoms with van der Waals surface area (Å²) in [6.07, 6.45) is 4.72. The maximum atomic E-state index is 12.3. The van der Waals surface area contributed by atoms with Crippen LogP contribution >= 0.6 is 0 Å². The van der Waals surface area contributed by atoms with Crippen molar-refractivity contribution in [3.05, 3.63) is 29.8 Å². The highest BCUT2D eigenvalue weighted by Crippen LogP contribution is 2.21. The Labute approximate surface area is 121 Å². The number of benzene rings is 1. The highest BCUT2D eigenvalue weighted by atomic mass is 32.2. The maximum Gasteiger partial charge on any atom is 0.240 e. The van der Waals surface area contributed by atoms with Crippen LogP contribution < -0.4 is 4.72 Å². The van der Waals surface area contributed by atoms with Gasteiger partial charge in [-0.3, -0.25) is 0 Å². The summed E-state index contributed by atoms with van der Waals surface area (Å²) in [7, 11) is -3.53. The molecule has 0 saturated heterocycles. The zero-order valence-electron chi connectivity index (χ0n) is 11.9. The molecule has 0 bridgehead atoms. The van der Waals surface area contributed by atoms with Crippen LogP contribution in [0.5, 0.6) is 0 Å². The number of sulfonamides is 1. The van der Waals surface area contributed by atoms with E-state index in [1.54, 1.807) is 12.1 Å². The first kappa shape index (κ1) is 15.5. The van der Waals surface area contributed by atoms with Crippen LogP contribution in [0.4, 0.5) is 0 Å². The lowest BCUT2D eigenvalue weighted by atomic mass is 9.93. The lowest BCUT2D eigenvalue weighted by molar-refractivity contribution is 0.101. The average Bonchev–Trinajstić information content (AvgIpc) is 2.42. The summed E-state index contributed by atoms with van der Waals surface area (Å²) < 4.78 is 27.2. The van der Waals surface area contributed by atoms with Crippen molar-refractivity contribution in [1.29, 1.82) is 0 Å². The van der Waals surface area contributed by atoms with Crippen molar-refractivity contribution in [3.63, 3.8) is 0 Å². The van der Waals surface area contributed by atoms with Gasteiger partial charge >= 0.3 is 0 Å². The number of aliphatic hydroxyl groups is 1. The summed E-state index contributed by atoms with van der Waals surface area (Å²) in [5.74, 6) is 0. The number of hydrogen-bond acceptors (Lipinski definition) is 3. The minimum atomic E-state index is -3.53.